The molecule has 1 aromatic carbocycles. The zero-order valence-electron chi connectivity index (χ0n) is 12.7. The molecule has 0 amide bonds. The van der Waals surface area contributed by atoms with Gasteiger partial charge in [0.25, 0.3) is 0 Å². The van der Waals surface area contributed by atoms with Gasteiger partial charge < -0.3 is 10.2 Å². The SMILES string of the molecule is CCCNCc1ccc(N(C)C(CC)CC)cc1Cl. The van der Waals surface area contributed by atoms with Crippen LogP contribution in [0.15, 0.2) is 18.2 Å². The van der Waals surface area contributed by atoms with E-state index in [4.69, 9.17) is 11.6 Å². The number of halogens is 1. The molecular weight excluding hydrogens is 256 g/mol. The van der Waals surface area contributed by atoms with Crippen molar-refractivity contribution in [2.75, 3.05) is 18.5 Å². The lowest BCUT2D eigenvalue weighted by Gasteiger charge is -2.28. The molecule has 0 heterocycles. The molecular formula is C16H27ClN2. The summed E-state index contributed by atoms with van der Waals surface area (Å²) in [5, 5.41) is 4.25. The molecule has 0 unspecified atom stereocenters. The fourth-order valence-corrected chi connectivity index (χ4v) is 2.59. The molecule has 0 aliphatic rings. The number of rotatable bonds is 8. The van der Waals surface area contributed by atoms with Gasteiger partial charge in [0.2, 0.25) is 0 Å². The van der Waals surface area contributed by atoms with Crippen molar-refractivity contribution in [3.05, 3.63) is 28.8 Å². The molecule has 0 saturated carbocycles. The van der Waals surface area contributed by atoms with Crippen LogP contribution in [-0.4, -0.2) is 19.6 Å². The molecule has 0 radical (unpaired) electrons. The minimum atomic E-state index is 0.583. The van der Waals surface area contributed by atoms with Crippen LogP contribution in [0.2, 0.25) is 5.02 Å². The number of nitrogens with one attached hydrogen (secondary N) is 1. The van der Waals surface area contributed by atoms with Gasteiger partial charge in [0.05, 0.1) is 0 Å². The fourth-order valence-electron chi connectivity index (χ4n) is 2.35. The summed E-state index contributed by atoms with van der Waals surface area (Å²) >= 11 is 6.38. The molecule has 108 valence electrons. The highest BCUT2D eigenvalue weighted by molar-refractivity contribution is 6.31. The number of hydrogen-bond donors (Lipinski definition) is 1. The monoisotopic (exact) mass is 282 g/mol. The first-order valence-electron chi connectivity index (χ1n) is 7.35. The van der Waals surface area contributed by atoms with Crippen molar-refractivity contribution in [2.24, 2.45) is 0 Å². The molecule has 1 rings (SSSR count). The minimum Gasteiger partial charge on any atom is -0.372 e. The quantitative estimate of drug-likeness (QED) is 0.708. The first kappa shape index (κ1) is 16.3. The second-order valence-corrected chi connectivity index (χ2v) is 5.44. The van der Waals surface area contributed by atoms with Crippen LogP contribution in [0.25, 0.3) is 0 Å². The maximum Gasteiger partial charge on any atom is 0.0471 e. The summed E-state index contributed by atoms with van der Waals surface area (Å²) < 4.78 is 0. The van der Waals surface area contributed by atoms with Crippen molar-refractivity contribution >= 4 is 17.3 Å². The molecule has 0 aromatic heterocycles. The molecule has 1 aromatic rings. The van der Waals surface area contributed by atoms with Gasteiger partial charge >= 0.3 is 0 Å². The molecule has 0 saturated heterocycles. The van der Waals surface area contributed by atoms with Gasteiger partial charge in [0, 0.05) is 30.3 Å². The zero-order valence-corrected chi connectivity index (χ0v) is 13.4. The highest BCUT2D eigenvalue weighted by Crippen LogP contribution is 2.25. The Balaban J connectivity index is 2.75. The highest BCUT2D eigenvalue weighted by Gasteiger charge is 2.12. The third-order valence-corrected chi connectivity index (χ3v) is 4.03. The molecule has 0 aliphatic heterocycles. The van der Waals surface area contributed by atoms with E-state index in [1.54, 1.807) is 0 Å². The smallest absolute Gasteiger partial charge is 0.0471 e. The van der Waals surface area contributed by atoms with Gasteiger partial charge in [0.1, 0.15) is 0 Å². The maximum absolute atomic E-state index is 6.38. The van der Waals surface area contributed by atoms with Crippen molar-refractivity contribution in [1.29, 1.82) is 0 Å². The van der Waals surface area contributed by atoms with E-state index in [1.807, 2.05) is 0 Å². The molecule has 2 nitrogen and oxygen atoms in total. The van der Waals surface area contributed by atoms with Crippen LogP contribution in [0.4, 0.5) is 5.69 Å². The summed E-state index contributed by atoms with van der Waals surface area (Å²) in [4.78, 5) is 2.33. The standard InChI is InChI=1S/C16H27ClN2/c1-5-10-18-12-13-8-9-15(11-16(13)17)19(4)14(6-2)7-3/h8-9,11,14,18H,5-7,10,12H2,1-4H3. The lowest BCUT2D eigenvalue weighted by Crippen LogP contribution is -2.30. The largest absolute Gasteiger partial charge is 0.372 e. The first-order valence-corrected chi connectivity index (χ1v) is 7.73. The van der Waals surface area contributed by atoms with Crippen molar-refractivity contribution in [3.63, 3.8) is 0 Å². The van der Waals surface area contributed by atoms with Gasteiger partial charge in [-0.05, 0) is 43.5 Å². The van der Waals surface area contributed by atoms with Crippen molar-refractivity contribution in [3.8, 4) is 0 Å². The van der Waals surface area contributed by atoms with Crippen LogP contribution in [-0.2, 0) is 6.54 Å². The second kappa shape index (κ2) is 8.44. The number of hydrogen-bond acceptors (Lipinski definition) is 2. The summed E-state index contributed by atoms with van der Waals surface area (Å²) in [6.07, 6.45) is 3.46. The van der Waals surface area contributed by atoms with E-state index in [1.165, 1.54) is 11.3 Å². The topological polar surface area (TPSA) is 15.3 Å². The molecule has 0 spiro atoms. The van der Waals surface area contributed by atoms with Gasteiger partial charge in [-0.2, -0.15) is 0 Å². The predicted octanol–water partition coefficient (Wildman–Crippen LogP) is 4.46. The highest BCUT2D eigenvalue weighted by atomic mass is 35.5. The van der Waals surface area contributed by atoms with Crippen LogP contribution in [0.5, 0.6) is 0 Å². The van der Waals surface area contributed by atoms with Crippen LogP contribution >= 0.6 is 11.6 Å². The summed E-state index contributed by atoms with van der Waals surface area (Å²) in [6, 6.07) is 6.98. The van der Waals surface area contributed by atoms with Crippen LogP contribution in [0, 0.1) is 0 Å². The Morgan fingerprint density at radius 2 is 1.89 bits per heavy atom. The normalized spacial score (nSPS) is 11.1. The van der Waals surface area contributed by atoms with Gasteiger partial charge in [-0.25, -0.2) is 0 Å². The molecule has 3 heteroatoms. The van der Waals surface area contributed by atoms with Crippen molar-refractivity contribution in [1.82, 2.24) is 5.32 Å². The lowest BCUT2D eigenvalue weighted by molar-refractivity contribution is 0.591. The van der Waals surface area contributed by atoms with Gasteiger partial charge in [-0.15, -0.1) is 0 Å². The Labute approximate surface area is 123 Å². The average molecular weight is 283 g/mol. The van der Waals surface area contributed by atoms with E-state index in [9.17, 15) is 0 Å². The molecule has 0 atom stereocenters. The summed E-state index contributed by atoms with van der Waals surface area (Å²) in [5.74, 6) is 0. The summed E-state index contributed by atoms with van der Waals surface area (Å²) in [6.45, 7) is 8.51. The number of benzene rings is 1. The van der Waals surface area contributed by atoms with Gasteiger partial charge in [-0.1, -0.05) is 38.4 Å². The zero-order chi connectivity index (χ0) is 14.3. The van der Waals surface area contributed by atoms with Crippen molar-refractivity contribution < 1.29 is 0 Å². The van der Waals surface area contributed by atoms with Gasteiger partial charge in [-0.3, -0.25) is 0 Å². The molecule has 0 fully saturated rings. The Morgan fingerprint density at radius 1 is 1.21 bits per heavy atom. The van der Waals surface area contributed by atoms with E-state index in [0.29, 0.717) is 6.04 Å². The number of nitrogens with zero attached hydrogens (tertiary/aromatic N) is 1. The Hall–Kier alpha value is -0.730. The average Bonchev–Trinajstić information content (AvgIpc) is 2.42. The molecule has 19 heavy (non-hydrogen) atoms. The Kier molecular flexibility index (Phi) is 7.25. The lowest BCUT2D eigenvalue weighted by atomic mass is 10.1. The van der Waals surface area contributed by atoms with E-state index >= 15 is 0 Å². The third-order valence-electron chi connectivity index (χ3n) is 3.68. The van der Waals surface area contributed by atoms with Crippen molar-refractivity contribution in [2.45, 2.75) is 52.6 Å². The minimum absolute atomic E-state index is 0.583. The number of anilines is 1. The second-order valence-electron chi connectivity index (χ2n) is 5.03. The van der Waals surface area contributed by atoms with E-state index in [-0.39, 0.29) is 0 Å². The Morgan fingerprint density at radius 3 is 2.42 bits per heavy atom. The van der Waals surface area contributed by atoms with Gasteiger partial charge in [0.15, 0.2) is 0 Å². The van der Waals surface area contributed by atoms with Crippen LogP contribution in [0.1, 0.15) is 45.6 Å². The summed E-state index contributed by atoms with van der Waals surface area (Å²) in [7, 11) is 2.15. The fraction of sp³-hybridized carbons (Fsp3) is 0.625. The molecule has 0 aliphatic carbocycles. The molecule has 0 bridgehead atoms. The van der Waals surface area contributed by atoms with Crippen LogP contribution in [0.3, 0.4) is 0 Å². The Bertz CT molecular complexity index is 375. The summed E-state index contributed by atoms with van der Waals surface area (Å²) in [5.41, 5.74) is 2.38. The van der Waals surface area contributed by atoms with E-state index in [2.05, 4.69) is 56.2 Å². The maximum atomic E-state index is 6.38. The molecule has 1 N–H and O–H groups in total. The van der Waals surface area contributed by atoms with E-state index in [0.717, 1.165) is 37.4 Å². The van der Waals surface area contributed by atoms with Crippen LogP contribution < -0.4 is 10.2 Å². The van der Waals surface area contributed by atoms with E-state index < -0.39 is 0 Å². The predicted molar refractivity (Wildman–Crippen MR) is 86.2 cm³/mol. The first-order chi connectivity index (χ1) is 9.13. The third kappa shape index (κ3) is 4.70.